The number of nitrogens with one attached hydrogen (secondary N) is 1. The Labute approximate surface area is 179 Å². The molecule has 1 aromatic carbocycles. The van der Waals surface area contributed by atoms with Crippen LogP contribution in [-0.4, -0.2) is 16.0 Å². The van der Waals surface area contributed by atoms with Crippen molar-refractivity contribution in [2.24, 2.45) is 17.8 Å². The van der Waals surface area contributed by atoms with Crippen molar-refractivity contribution in [2.45, 2.75) is 57.0 Å². The van der Waals surface area contributed by atoms with E-state index in [4.69, 9.17) is 0 Å². The van der Waals surface area contributed by atoms with Gasteiger partial charge >= 0.3 is 0 Å². The minimum absolute atomic E-state index is 0.101. The molecular formula is C24H27BrN2O2. The van der Waals surface area contributed by atoms with Crippen molar-refractivity contribution >= 4 is 32.7 Å². The van der Waals surface area contributed by atoms with Gasteiger partial charge in [-0.2, -0.15) is 0 Å². The molecule has 1 amide bonds. The summed E-state index contributed by atoms with van der Waals surface area (Å²) in [4.78, 5) is 26.6. The van der Waals surface area contributed by atoms with Crippen molar-refractivity contribution in [3.8, 4) is 0 Å². The van der Waals surface area contributed by atoms with Crippen LogP contribution in [0.5, 0.6) is 0 Å². The Bertz CT molecular complexity index is 1020. The van der Waals surface area contributed by atoms with Crippen LogP contribution >= 0.6 is 15.9 Å². The number of carbonyl (C=O) groups is 1. The molecule has 4 bridgehead atoms. The highest BCUT2D eigenvalue weighted by molar-refractivity contribution is 9.10. The highest BCUT2D eigenvalue weighted by atomic mass is 79.9. The van der Waals surface area contributed by atoms with Crippen molar-refractivity contribution in [3.63, 3.8) is 0 Å². The van der Waals surface area contributed by atoms with Gasteiger partial charge in [0.05, 0.1) is 5.52 Å². The molecule has 5 heteroatoms. The zero-order valence-electron chi connectivity index (χ0n) is 16.6. The topological polar surface area (TPSA) is 51.1 Å². The van der Waals surface area contributed by atoms with Gasteiger partial charge in [-0.25, -0.2) is 0 Å². The van der Waals surface area contributed by atoms with E-state index >= 15 is 0 Å². The molecule has 0 spiro atoms. The summed E-state index contributed by atoms with van der Waals surface area (Å²) in [5.74, 6) is 2.04. The molecule has 4 fully saturated rings. The number of aryl methyl sites for hydroxylation is 1. The van der Waals surface area contributed by atoms with Crippen molar-refractivity contribution in [1.29, 1.82) is 0 Å². The molecule has 152 valence electrons. The van der Waals surface area contributed by atoms with Crippen LogP contribution in [-0.2, 0) is 6.54 Å². The molecule has 4 aliphatic carbocycles. The Morgan fingerprint density at radius 1 is 1.21 bits per heavy atom. The second-order valence-corrected chi connectivity index (χ2v) is 10.4. The fourth-order valence-corrected chi connectivity index (χ4v) is 6.88. The van der Waals surface area contributed by atoms with Crippen LogP contribution in [0.25, 0.3) is 10.9 Å². The van der Waals surface area contributed by atoms with E-state index in [2.05, 4.69) is 27.8 Å². The molecule has 0 saturated heterocycles. The summed E-state index contributed by atoms with van der Waals surface area (Å²) < 4.78 is 2.86. The number of aromatic nitrogens is 1. The molecule has 29 heavy (non-hydrogen) atoms. The number of pyridine rings is 1. The van der Waals surface area contributed by atoms with Gasteiger partial charge in [0, 0.05) is 28.1 Å². The second-order valence-electron chi connectivity index (χ2n) is 9.46. The van der Waals surface area contributed by atoms with Crippen molar-refractivity contribution in [1.82, 2.24) is 9.88 Å². The fourth-order valence-electron chi connectivity index (χ4n) is 6.52. The van der Waals surface area contributed by atoms with Gasteiger partial charge in [-0.05, 0) is 80.9 Å². The van der Waals surface area contributed by atoms with Crippen molar-refractivity contribution in [3.05, 3.63) is 57.3 Å². The third-order valence-electron chi connectivity index (χ3n) is 7.28. The molecule has 4 aliphatic rings. The van der Waals surface area contributed by atoms with Crippen molar-refractivity contribution < 1.29 is 4.79 Å². The van der Waals surface area contributed by atoms with Gasteiger partial charge in [0.2, 0.25) is 5.43 Å². The molecular weight excluding hydrogens is 428 g/mol. The monoisotopic (exact) mass is 454 g/mol. The molecule has 6 rings (SSSR count). The Morgan fingerprint density at radius 2 is 1.86 bits per heavy atom. The summed E-state index contributed by atoms with van der Waals surface area (Å²) in [7, 11) is 0. The van der Waals surface area contributed by atoms with Crippen LogP contribution in [0.2, 0.25) is 0 Å². The van der Waals surface area contributed by atoms with Gasteiger partial charge in [-0.1, -0.05) is 22.0 Å². The van der Waals surface area contributed by atoms with E-state index in [1.807, 2.05) is 28.8 Å². The first-order valence-corrected chi connectivity index (χ1v) is 11.5. The number of halogens is 1. The Morgan fingerprint density at radius 3 is 2.48 bits per heavy atom. The number of hydrogen-bond donors (Lipinski definition) is 1. The summed E-state index contributed by atoms with van der Waals surface area (Å²) in [5.41, 5.74) is 0.830. The molecule has 4 saturated carbocycles. The molecule has 1 heterocycles. The summed E-state index contributed by atoms with van der Waals surface area (Å²) in [5, 5.41) is 3.94. The first kappa shape index (κ1) is 19.1. The number of hydrogen-bond acceptors (Lipinski definition) is 2. The quantitative estimate of drug-likeness (QED) is 0.643. The van der Waals surface area contributed by atoms with Gasteiger partial charge in [-0.15, -0.1) is 6.58 Å². The summed E-state index contributed by atoms with van der Waals surface area (Å²) >= 11 is 3.47. The van der Waals surface area contributed by atoms with E-state index in [0.29, 0.717) is 11.9 Å². The zero-order valence-corrected chi connectivity index (χ0v) is 18.2. The SMILES string of the molecule is C=CCCn1cc(C(=O)NC23CC4CC(CC(C4)C2)C3)c(=O)c2cc(Br)ccc21. The predicted molar refractivity (Wildman–Crippen MR) is 119 cm³/mol. The first-order valence-electron chi connectivity index (χ1n) is 10.7. The Balaban J connectivity index is 1.52. The van der Waals surface area contributed by atoms with Crippen LogP contribution in [0.1, 0.15) is 55.3 Å². The highest BCUT2D eigenvalue weighted by Gasteiger charge is 2.51. The van der Waals surface area contributed by atoms with E-state index in [-0.39, 0.29) is 22.4 Å². The standard InChI is InChI=1S/C24H27BrN2O2/c1-2-3-6-27-14-20(22(28)19-10-18(25)4-5-21(19)27)23(29)26-24-11-15-7-16(12-24)9-17(8-15)13-24/h2,4-5,10,14-17H,1,3,6-9,11-13H2,(H,26,29). The third-order valence-corrected chi connectivity index (χ3v) is 7.77. The maximum Gasteiger partial charge on any atom is 0.257 e. The third kappa shape index (κ3) is 3.37. The molecule has 0 atom stereocenters. The average molecular weight is 455 g/mol. The van der Waals surface area contributed by atoms with Gasteiger partial charge in [0.25, 0.3) is 5.91 Å². The molecule has 2 aromatic rings. The molecule has 1 aromatic heterocycles. The number of carbonyl (C=O) groups excluding carboxylic acids is 1. The normalized spacial score (nSPS) is 29.9. The number of allylic oxidation sites excluding steroid dienone is 1. The van der Waals surface area contributed by atoms with Gasteiger partial charge < -0.3 is 9.88 Å². The second kappa shape index (κ2) is 7.12. The van der Waals surface area contributed by atoms with Crippen molar-refractivity contribution in [2.75, 3.05) is 0 Å². The average Bonchev–Trinajstić information content (AvgIpc) is 2.66. The van der Waals surface area contributed by atoms with Crippen LogP contribution in [0.4, 0.5) is 0 Å². The van der Waals surface area contributed by atoms with E-state index in [1.54, 1.807) is 6.20 Å². The maximum atomic E-state index is 13.3. The van der Waals surface area contributed by atoms with Gasteiger partial charge in [0.1, 0.15) is 5.56 Å². The van der Waals surface area contributed by atoms with Crippen LogP contribution in [0.15, 0.2) is 46.3 Å². The largest absolute Gasteiger partial charge is 0.346 e. The molecule has 1 N–H and O–H groups in total. The summed E-state index contributed by atoms with van der Waals surface area (Å²) in [6, 6.07) is 5.69. The lowest BCUT2D eigenvalue weighted by Crippen LogP contribution is -2.60. The molecule has 0 unspecified atom stereocenters. The van der Waals surface area contributed by atoms with Crippen LogP contribution in [0, 0.1) is 17.8 Å². The van der Waals surface area contributed by atoms with Crippen LogP contribution < -0.4 is 10.7 Å². The maximum absolute atomic E-state index is 13.3. The summed E-state index contributed by atoms with van der Waals surface area (Å²) in [6.45, 7) is 4.50. The lowest BCUT2D eigenvalue weighted by molar-refractivity contribution is -0.0167. The van der Waals surface area contributed by atoms with E-state index in [1.165, 1.54) is 19.3 Å². The number of rotatable bonds is 5. The Hall–Kier alpha value is -1.88. The number of benzene rings is 1. The van der Waals surface area contributed by atoms with E-state index in [0.717, 1.165) is 53.4 Å². The van der Waals surface area contributed by atoms with E-state index < -0.39 is 0 Å². The number of nitrogens with zero attached hydrogens (tertiary/aromatic N) is 1. The van der Waals surface area contributed by atoms with Gasteiger partial charge in [0.15, 0.2) is 0 Å². The number of amides is 1. The molecule has 0 aliphatic heterocycles. The fraction of sp³-hybridized carbons (Fsp3) is 0.500. The smallest absolute Gasteiger partial charge is 0.257 e. The van der Waals surface area contributed by atoms with Crippen LogP contribution in [0.3, 0.4) is 0 Å². The number of fused-ring (bicyclic) bond motifs is 1. The summed E-state index contributed by atoms with van der Waals surface area (Å²) in [6.07, 6.45) is 11.6. The predicted octanol–water partition coefficient (Wildman–Crippen LogP) is 5.04. The Kier molecular flexibility index (Phi) is 4.69. The zero-order chi connectivity index (χ0) is 20.2. The van der Waals surface area contributed by atoms with E-state index in [9.17, 15) is 9.59 Å². The highest BCUT2D eigenvalue weighted by Crippen LogP contribution is 2.55. The van der Waals surface area contributed by atoms with Gasteiger partial charge in [-0.3, -0.25) is 9.59 Å². The lowest BCUT2D eigenvalue weighted by Gasteiger charge is -2.56. The molecule has 0 radical (unpaired) electrons. The minimum atomic E-state index is -0.203. The minimum Gasteiger partial charge on any atom is -0.346 e. The molecule has 4 nitrogen and oxygen atoms in total. The first-order chi connectivity index (χ1) is 14.0. The lowest BCUT2D eigenvalue weighted by atomic mass is 9.53.